The molecule has 0 bridgehead atoms. The molecule has 5 nitrogen and oxygen atoms in total. The molecule has 0 radical (unpaired) electrons. The van der Waals surface area contributed by atoms with Gasteiger partial charge in [-0.3, -0.25) is 0 Å². The van der Waals surface area contributed by atoms with E-state index < -0.39 is 0 Å². The Balaban J connectivity index is 1.65. The van der Waals surface area contributed by atoms with Gasteiger partial charge in [0.25, 0.3) is 0 Å². The number of hydrogen-bond acceptors (Lipinski definition) is 3. The van der Waals surface area contributed by atoms with Crippen LogP contribution in [0.25, 0.3) is 0 Å². The van der Waals surface area contributed by atoms with Crippen LogP contribution in [0.3, 0.4) is 0 Å². The Morgan fingerprint density at radius 1 is 1.59 bits per heavy atom. The van der Waals surface area contributed by atoms with Crippen LogP contribution in [0.5, 0.6) is 0 Å². The molecular weight excluding hydrogens is 218 g/mol. The minimum absolute atomic E-state index is 0.145. The Morgan fingerprint density at radius 3 is 2.94 bits per heavy atom. The number of rotatable bonds is 5. The van der Waals surface area contributed by atoms with Crippen molar-refractivity contribution in [1.82, 2.24) is 15.6 Å². The Kier molecular flexibility index (Phi) is 3.66. The number of amides is 2. The first-order chi connectivity index (χ1) is 8.16. The zero-order valence-corrected chi connectivity index (χ0v) is 10.3. The summed E-state index contributed by atoms with van der Waals surface area (Å²) in [6.45, 7) is 5.16. The zero-order chi connectivity index (χ0) is 12.3. The molecule has 1 aromatic heterocycles. The van der Waals surface area contributed by atoms with E-state index in [0.717, 1.165) is 18.2 Å². The molecule has 0 aliphatic heterocycles. The molecular formula is C12H19N3O2. The number of oxazole rings is 1. The third-order valence-corrected chi connectivity index (χ3v) is 3.27. The summed E-state index contributed by atoms with van der Waals surface area (Å²) in [5.41, 5.74) is 0.816. The van der Waals surface area contributed by atoms with Crippen LogP contribution in [0.15, 0.2) is 10.8 Å². The molecule has 1 fully saturated rings. The van der Waals surface area contributed by atoms with Crippen LogP contribution in [0.1, 0.15) is 31.2 Å². The van der Waals surface area contributed by atoms with Gasteiger partial charge in [-0.2, -0.15) is 0 Å². The number of nitrogens with one attached hydrogen (secondary N) is 2. The maximum Gasteiger partial charge on any atom is 0.315 e. The lowest BCUT2D eigenvalue weighted by atomic mass is 10.1. The minimum Gasteiger partial charge on any atom is -0.446 e. The van der Waals surface area contributed by atoms with E-state index >= 15 is 0 Å². The van der Waals surface area contributed by atoms with Crippen molar-refractivity contribution < 1.29 is 9.21 Å². The fourth-order valence-electron chi connectivity index (χ4n) is 1.80. The topological polar surface area (TPSA) is 67.2 Å². The van der Waals surface area contributed by atoms with E-state index in [2.05, 4.69) is 22.5 Å². The minimum atomic E-state index is -0.145. The molecule has 0 aromatic carbocycles. The number of hydrogen-bond donors (Lipinski definition) is 2. The highest BCUT2D eigenvalue weighted by Gasteiger charge is 2.27. The highest BCUT2D eigenvalue weighted by molar-refractivity contribution is 5.73. The van der Waals surface area contributed by atoms with Crippen molar-refractivity contribution >= 4 is 6.03 Å². The zero-order valence-electron chi connectivity index (χ0n) is 10.3. The number of carbonyl (C=O) groups is 1. The van der Waals surface area contributed by atoms with Crippen LogP contribution < -0.4 is 10.6 Å². The van der Waals surface area contributed by atoms with Gasteiger partial charge in [-0.15, -0.1) is 0 Å². The van der Waals surface area contributed by atoms with Crippen molar-refractivity contribution in [1.29, 1.82) is 0 Å². The second kappa shape index (κ2) is 5.21. The molecule has 5 heteroatoms. The fourth-order valence-corrected chi connectivity index (χ4v) is 1.80. The van der Waals surface area contributed by atoms with E-state index in [1.54, 1.807) is 0 Å². The summed E-state index contributed by atoms with van der Waals surface area (Å²) in [5, 5.41) is 5.63. The van der Waals surface area contributed by atoms with Gasteiger partial charge in [-0.05, 0) is 31.6 Å². The van der Waals surface area contributed by atoms with Crippen LogP contribution in [0, 0.1) is 18.8 Å². The van der Waals surface area contributed by atoms with Crippen molar-refractivity contribution in [2.45, 2.75) is 33.2 Å². The van der Waals surface area contributed by atoms with Crippen LogP contribution in [-0.4, -0.2) is 17.6 Å². The van der Waals surface area contributed by atoms with E-state index in [9.17, 15) is 4.79 Å². The molecule has 1 saturated carbocycles. The number of aromatic nitrogens is 1. The third kappa shape index (κ3) is 3.47. The fraction of sp³-hybridized carbons (Fsp3) is 0.667. The summed E-state index contributed by atoms with van der Waals surface area (Å²) in [6.07, 6.45) is 4.00. The first kappa shape index (κ1) is 12.0. The summed E-state index contributed by atoms with van der Waals surface area (Å²) >= 11 is 0. The molecule has 1 heterocycles. The maximum absolute atomic E-state index is 11.5. The number of nitrogens with zero attached hydrogens (tertiary/aromatic N) is 1. The molecule has 17 heavy (non-hydrogen) atoms. The van der Waals surface area contributed by atoms with Crippen molar-refractivity contribution in [3.63, 3.8) is 0 Å². The molecule has 1 aliphatic carbocycles. The first-order valence-electron chi connectivity index (χ1n) is 6.07. The van der Waals surface area contributed by atoms with Gasteiger partial charge in [0.15, 0.2) is 6.39 Å². The molecule has 0 spiro atoms. The molecule has 1 aromatic rings. The number of carbonyl (C=O) groups excluding carboxylic acids is 1. The predicted octanol–water partition coefficient (Wildman–Crippen LogP) is 1.83. The number of aryl methyl sites for hydroxylation is 1. The van der Waals surface area contributed by atoms with Gasteiger partial charge >= 0.3 is 6.03 Å². The molecule has 1 aliphatic rings. The molecule has 2 rings (SSSR count). The van der Waals surface area contributed by atoms with E-state index in [4.69, 9.17) is 4.42 Å². The standard InChI is InChI=1S/C12H19N3O2/c1-8(10-3-4-10)5-13-12(16)14-6-11-9(2)15-7-17-11/h7-8,10H,3-6H2,1-2H3,(H2,13,14,16). The predicted molar refractivity (Wildman–Crippen MR) is 63.4 cm³/mol. The normalized spacial score (nSPS) is 16.6. The number of urea groups is 1. The molecule has 0 saturated heterocycles. The highest BCUT2D eigenvalue weighted by atomic mass is 16.3. The monoisotopic (exact) mass is 237 g/mol. The highest BCUT2D eigenvalue weighted by Crippen LogP contribution is 2.35. The van der Waals surface area contributed by atoms with Gasteiger partial charge in [0, 0.05) is 6.54 Å². The lowest BCUT2D eigenvalue weighted by Gasteiger charge is -2.11. The van der Waals surface area contributed by atoms with E-state index in [1.807, 2.05) is 6.92 Å². The maximum atomic E-state index is 11.5. The van der Waals surface area contributed by atoms with Crippen molar-refractivity contribution in [3.8, 4) is 0 Å². The van der Waals surface area contributed by atoms with Gasteiger partial charge in [0.05, 0.1) is 12.2 Å². The Morgan fingerprint density at radius 2 is 2.35 bits per heavy atom. The van der Waals surface area contributed by atoms with Gasteiger partial charge in [-0.25, -0.2) is 9.78 Å². The average Bonchev–Trinajstić information content (AvgIpc) is 3.08. The smallest absolute Gasteiger partial charge is 0.315 e. The van der Waals surface area contributed by atoms with Gasteiger partial charge in [0.1, 0.15) is 5.76 Å². The summed E-state index contributed by atoms with van der Waals surface area (Å²) < 4.78 is 5.13. The largest absolute Gasteiger partial charge is 0.446 e. The summed E-state index contributed by atoms with van der Waals surface area (Å²) in [6, 6.07) is -0.145. The van der Waals surface area contributed by atoms with Gasteiger partial charge in [-0.1, -0.05) is 6.92 Å². The SMILES string of the molecule is Cc1ncoc1CNC(=O)NCC(C)C1CC1. The summed E-state index contributed by atoms with van der Waals surface area (Å²) in [5.74, 6) is 2.09. The van der Waals surface area contributed by atoms with E-state index in [0.29, 0.717) is 18.2 Å². The third-order valence-electron chi connectivity index (χ3n) is 3.27. The van der Waals surface area contributed by atoms with Gasteiger partial charge < -0.3 is 15.1 Å². The second-order valence-electron chi connectivity index (χ2n) is 4.74. The van der Waals surface area contributed by atoms with Crippen LogP contribution in [0.4, 0.5) is 4.79 Å². The Labute approximate surface area is 101 Å². The van der Waals surface area contributed by atoms with Crippen LogP contribution in [0.2, 0.25) is 0 Å². The van der Waals surface area contributed by atoms with Gasteiger partial charge in [0.2, 0.25) is 0 Å². The second-order valence-corrected chi connectivity index (χ2v) is 4.74. The lowest BCUT2D eigenvalue weighted by molar-refractivity contribution is 0.237. The molecule has 1 unspecified atom stereocenters. The van der Waals surface area contributed by atoms with Crippen molar-refractivity contribution in [2.24, 2.45) is 11.8 Å². The van der Waals surface area contributed by atoms with Crippen molar-refractivity contribution in [2.75, 3.05) is 6.54 Å². The molecule has 94 valence electrons. The van der Waals surface area contributed by atoms with Crippen molar-refractivity contribution in [3.05, 3.63) is 17.8 Å². The van der Waals surface area contributed by atoms with E-state index in [-0.39, 0.29) is 6.03 Å². The lowest BCUT2D eigenvalue weighted by Crippen LogP contribution is -2.37. The molecule has 2 amide bonds. The average molecular weight is 237 g/mol. The Hall–Kier alpha value is -1.52. The summed E-state index contributed by atoms with van der Waals surface area (Å²) in [4.78, 5) is 15.5. The molecule has 2 N–H and O–H groups in total. The van der Waals surface area contributed by atoms with Crippen LogP contribution in [-0.2, 0) is 6.54 Å². The Bertz CT molecular complexity index is 385. The van der Waals surface area contributed by atoms with Crippen LogP contribution >= 0.6 is 0 Å². The first-order valence-corrected chi connectivity index (χ1v) is 6.07. The van der Waals surface area contributed by atoms with E-state index in [1.165, 1.54) is 19.2 Å². The molecule has 1 atom stereocenters. The summed E-state index contributed by atoms with van der Waals surface area (Å²) in [7, 11) is 0. The quantitative estimate of drug-likeness (QED) is 0.821.